The van der Waals surface area contributed by atoms with E-state index in [0.717, 1.165) is 0 Å². The third kappa shape index (κ3) is 2.54. The monoisotopic (exact) mass is 204 g/mol. The quantitative estimate of drug-likeness (QED) is 0.643. The Bertz CT molecular complexity index is 152. The highest BCUT2D eigenvalue weighted by atomic mass is 79.9. The van der Waals surface area contributed by atoms with Gasteiger partial charge in [-0.05, 0) is 19.1 Å². The van der Waals surface area contributed by atoms with Gasteiger partial charge in [0, 0.05) is 0 Å². The number of hydrogen-bond donors (Lipinski definition) is 0. The molecule has 0 aromatic rings. The lowest BCUT2D eigenvalue weighted by molar-refractivity contribution is -0.0782. The molecule has 10 heavy (non-hydrogen) atoms. The second-order valence-corrected chi connectivity index (χ2v) is 3.19. The van der Waals surface area contributed by atoms with Gasteiger partial charge in [-0.2, -0.15) is 0 Å². The van der Waals surface area contributed by atoms with E-state index < -0.39 is 0 Å². The van der Waals surface area contributed by atoms with Crippen molar-refractivity contribution < 1.29 is 9.47 Å². The van der Waals surface area contributed by atoms with Crippen LogP contribution in [0.15, 0.2) is 24.5 Å². The van der Waals surface area contributed by atoms with E-state index in [1.54, 1.807) is 6.26 Å². The maximum absolute atomic E-state index is 5.25. The van der Waals surface area contributed by atoms with E-state index in [1.807, 2.05) is 25.2 Å². The zero-order chi connectivity index (χ0) is 7.40. The van der Waals surface area contributed by atoms with Crippen molar-refractivity contribution in [1.82, 2.24) is 0 Å². The number of ether oxygens (including phenoxy) is 2. The molecule has 0 aromatic heterocycles. The van der Waals surface area contributed by atoms with Gasteiger partial charge in [-0.3, -0.25) is 0 Å². The fourth-order valence-corrected chi connectivity index (χ4v) is 0.843. The van der Waals surface area contributed by atoms with Crippen molar-refractivity contribution in [1.29, 1.82) is 0 Å². The summed E-state index contributed by atoms with van der Waals surface area (Å²) < 4.78 is 10.3. The molecule has 0 amide bonds. The van der Waals surface area contributed by atoms with Crippen LogP contribution in [-0.4, -0.2) is 11.3 Å². The van der Waals surface area contributed by atoms with Crippen molar-refractivity contribution in [3.05, 3.63) is 24.5 Å². The number of halogens is 1. The van der Waals surface area contributed by atoms with Crippen LogP contribution in [-0.2, 0) is 9.47 Å². The molecule has 0 spiro atoms. The predicted molar refractivity (Wildman–Crippen MR) is 42.6 cm³/mol. The van der Waals surface area contributed by atoms with Gasteiger partial charge in [0.05, 0.1) is 6.26 Å². The molecule has 0 radical (unpaired) electrons. The number of hydrogen-bond acceptors (Lipinski definition) is 2. The second kappa shape index (κ2) is 3.78. The second-order valence-electron chi connectivity index (χ2n) is 1.90. The fraction of sp³-hybridized carbons (Fsp3) is 0.429. The summed E-state index contributed by atoms with van der Waals surface area (Å²) >= 11 is 3.25. The summed E-state index contributed by atoms with van der Waals surface area (Å²) in [5.74, 6) is 0. The third-order valence-corrected chi connectivity index (χ3v) is 1.21. The highest BCUT2D eigenvalue weighted by Crippen LogP contribution is 2.09. The van der Waals surface area contributed by atoms with E-state index in [1.165, 1.54) is 0 Å². The van der Waals surface area contributed by atoms with Crippen LogP contribution in [0, 0.1) is 0 Å². The first-order valence-electron chi connectivity index (χ1n) is 3.07. The van der Waals surface area contributed by atoms with Gasteiger partial charge >= 0.3 is 0 Å². The highest BCUT2D eigenvalue weighted by molar-refractivity contribution is 9.09. The van der Waals surface area contributed by atoms with Gasteiger partial charge in [-0.15, -0.1) is 0 Å². The highest BCUT2D eigenvalue weighted by Gasteiger charge is 2.07. The molecule has 0 N–H and O–H groups in total. The van der Waals surface area contributed by atoms with Crippen molar-refractivity contribution in [3.63, 3.8) is 0 Å². The van der Waals surface area contributed by atoms with Crippen molar-refractivity contribution in [3.8, 4) is 0 Å². The molecule has 0 saturated heterocycles. The van der Waals surface area contributed by atoms with E-state index in [2.05, 4.69) is 15.9 Å². The summed E-state index contributed by atoms with van der Waals surface area (Å²) in [5, 5.41) is 0.0219. The van der Waals surface area contributed by atoms with Crippen molar-refractivity contribution >= 4 is 15.9 Å². The van der Waals surface area contributed by atoms with E-state index in [0.29, 0.717) is 0 Å². The minimum absolute atomic E-state index is 0.0219. The van der Waals surface area contributed by atoms with Gasteiger partial charge < -0.3 is 9.47 Å². The van der Waals surface area contributed by atoms with E-state index in [-0.39, 0.29) is 11.3 Å². The van der Waals surface area contributed by atoms with Crippen LogP contribution in [0.1, 0.15) is 6.92 Å². The van der Waals surface area contributed by atoms with Crippen LogP contribution in [0.25, 0.3) is 0 Å². The van der Waals surface area contributed by atoms with Crippen LogP contribution in [0.2, 0.25) is 0 Å². The Kier molecular flexibility index (Phi) is 2.96. The van der Waals surface area contributed by atoms with Crippen LogP contribution < -0.4 is 0 Å². The number of rotatable bonds is 2. The van der Waals surface area contributed by atoms with Gasteiger partial charge in [-0.1, -0.05) is 22.0 Å². The van der Waals surface area contributed by atoms with E-state index >= 15 is 0 Å². The molecule has 2 unspecified atom stereocenters. The molecule has 56 valence electrons. The number of alkyl halides is 1. The Labute approximate surface area is 68.6 Å². The van der Waals surface area contributed by atoms with E-state index in [9.17, 15) is 0 Å². The average molecular weight is 205 g/mol. The van der Waals surface area contributed by atoms with Crippen molar-refractivity contribution in [2.24, 2.45) is 0 Å². The fourth-order valence-electron chi connectivity index (χ4n) is 0.631. The zero-order valence-electron chi connectivity index (χ0n) is 5.66. The predicted octanol–water partition coefficient (Wildman–Crippen LogP) is 2.17. The van der Waals surface area contributed by atoms with Crippen LogP contribution in [0.4, 0.5) is 0 Å². The maximum atomic E-state index is 5.25. The summed E-state index contributed by atoms with van der Waals surface area (Å²) in [6.07, 6.45) is 6.93. The first kappa shape index (κ1) is 7.82. The third-order valence-electron chi connectivity index (χ3n) is 0.992. The molecule has 0 fully saturated rings. The first-order valence-corrected chi connectivity index (χ1v) is 3.99. The molecule has 3 heteroatoms. The summed E-state index contributed by atoms with van der Waals surface area (Å²) in [7, 11) is 0. The molecule has 1 heterocycles. The molecule has 1 aliphatic rings. The van der Waals surface area contributed by atoms with Gasteiger partial charge in [0.15, 0.2) is 0 Å². The lowest BCUT2D eigenvalue weighted by Gasteiger charge is -2.16. The van der Waals surface area contributed by atoms with Gasteiger partial charge in [0.25, 0.3) is 0 Å². The first-order chi connectivity index (χ1) is 4.79. The molecule has 2 nitrogen and oxygen atoms in total. The lowest BCUT2D eigenvalue weighted by atomic mass is 10.4. The molecule has 2 atom stereocenters. The lowest BCUT2D eigenvalue weighted by Crippen LogP contribution is -2.16. The average Bonchev–Trinajstić information content (AvgIpc) is 1.88. The summed E-state index contributed by atoms with van der Waals surface area (Å²) in [6, 6.07) is 0. The maximum Gasteiger partial charge on any atom is 0.220 e. The standard InChI is InChI=1S/C7H9BrO2/c1-6(8)10-7-4-2-3-5-9-7/h2-7H,1H3. The van der Waals surface area contributed by atoms with Crippen molar-refractivity contribution in [2.45, 2.75) is 18.2 Å². The van der Waals surface area contributed by atoms with Gasteiger partial charge in [0.2, 0.25) is 6.29 Å². The topological polar surface area (TPSA) is 18.5 Å². The van der Waals surface area contributed by atoms with Crippen LogP contribution in [0.3, 0.4) is 0 Å². The molecule has 1 aliphatic heterocycles. The Morgan fingerprint density at radius 1 is 1.60 bits per heavy atom. The van der Waals surface area contributed by atoms with Gasteiger partial charge in [0.1, 0.15) is 5.01 Å². The zero-order valence-corrected chi connectivity index (χ0v) is 7.24. The molecule has 0 aromatic carbocycles. The Morgan fingerprint density at radius 3 is 2.90 bits per heavy atom. The molecular formula is C7H9BrO2. The Hall–Kier alpha value is -0.280. The summed E-state index contributed by atoms with van der Waals surface area (Å²) in [4.78, 5) is 0. The molecule has 0 bridgehead atoms. The summed E-state index contributed by atoms with van der Waals surface area (Å²) in [6.45, 7) is 1.90. The normalized spacial score (nSPS) is 26.0. The largest absolute Gasteiger partial charge is 0.469 e. The minimum Gasteiger partial charge on any atom is -0.469 e. The molecule has 0 aliphatic carbocycles. The summed E-state index contributed by atoms with van der Waals surface area (Å²) in [5.41, 5.74) is 0. The molecule has 0 saturated carbocycles. The Morgan fingerprint density at radius 2 is 2.40 bits per heavy atom. The Balaban J connectivity index is 2.30. The van der Waals surface area contributed by atoms with Crippen molar-refractivity contribution in [2.75, 3.05) is 0 Å². The van der Waals surface area contributed by atoms with Crippen LogP contribution >= 0.6 is 15.9 Å². The minimum atomic E-state index is -0.237. The SMILES string of the molecule is CC(Br)OC1C=CC=CO1. The van der Waals surface area contributed by atoms with E-state index in [4.69, 9.17) is 9.47 Å². The number of allylic oxidation sites excluding steroid dienone is 2. The van der Waals surface area contributed by atoms with Crippen LogP contribution in [0.5, 0.6) is 0 Å². The smallest absolute Gasteiger partial charge is 0.220 e. The van der Waals surface area contributed by atoms with Gasteiger partial charge in [-0.25, -0.2) is 0 Å². The molecular weight excluding hydrogens is 196 g/mol. The molecule has 1 rings (SSSR count).